The Morgan fingerprint density at radius 3 is 2.16 bits per heavy atom. The van der Waals surface area contributed by atoms with Crippen LogP contribution in [0.25, 0.3) is 0 Å². The molecule has 0 aliphatic rings. The Morgan fingerprint density at radius 1 is 1.26 bits per heavy atom. The highest BCUT2D eigenvalue weighted by atomic mass is 35.5. The van der Waals surface area contributed by atoms with Crippen molar-refractivity contribution in [3.05, 3.63) is 21.3 Å². The molecule has 1 aromatic rings. The maximum Gasteiger partial charge on any atom is 0.0614 e. The number of nitrogens with one attached hydrogen (secondary N) is 1. The number of thiophene rings is 1. The second-order valence-corrected chi connectivity index (χ2v) is 6.19. The van der Waals surface area contributed by atoms with Gasteiger partial charge in [0.15, 0.2) is 0 Å². The summed E-state index contributed by atoms with van der Waals surface area (Å²) >= 11 is 8.13. The average Bonchev–Trinajstić information content (AvgIpc) is 2.85. The molecule has 1 unspecified atom stereocenters. The lowest BCUT2D eigenvalue weighted by Gasteiger charge is -2.47. The van der Waals surface area contributed by atoms with Crippen molar-refractivity contribution < 1.29 is 0 Å². The molecule has 1 rings (SSSR count). The summed E-state index contributed by atoms with van der Waals surface area (Å²) in [5, 5.41) is 6.50. The molecule has 2 nitrogen and oxygen atoms in total. The van der Waals surface area contributed by atoms with Crippen molar-refractivity contribution in [2.45, 2.75) is 52.1 Å². The van der Waals surface area contributed by atoms with Crippen LogP contribution >= 0.6 is 22.9 Å². The summed E-state index contributed by atoms with van der Waals surface area (Å²) in [6, 6.07) is 2.29. The van der Waals surface area contributed by atoms with Gasteiger partial charge in [-0.3, -0.25) is 4.90 Å². The number of nitrogens with zero attached hydrogens (tertiary/aromatic N) is 1. The van der Waals surface area contributed by atoms with Gasteiger partial charge in [0.05, 0.1) is 11.1 Å². The first-order valence-electron chi connectivity index (χ1n) is 7.26. The van der Waals surface area contributed by atoms with Crippen molar-refractivity contribution in [3.63, 3.8) is 0 Å². The monoisotopic (exact) mass is 302 g/mol. The zero-order chi connectivity index (χ0) is 14.5. The lowest BCUT2D eigenvalue weighted by molar-refractivity contribution is 0.0527. The molecule has 1 heterocycles. The van der Waals surface area contributed by atoms with Gasteiger partial charge in [-0.25, -0.2) is 0 Å². The van der Waals surface area contributed by atoms with Crippen molar-refractivity contribution >= 4 is 22.9 Å². The Bertz CT molecular complexity index is 370. The van der Waals surface area contributed by atoms with Crippen molar-refractivity contribution in [3.8, 4) is 0 Å². The van der Waals surface area contributed by atoms with Crippen LogP contribution < -0.4 is 5.32 Å². The maximum atomic E-state index is 6.38. The highest BCUT2D eigenvalue weighted by Gasteiger charge is 2.41. The van der Waals surface area contributed by atoms with E-state index in [-0.39, 0.29) is 11.6 Å². The van der Waals surface area contributed by atoms with Crippen LogP contribution in [0, 0.1) is 0 Å². The Morgan fingerprint density at radius 2 is 1.84 bits per heavy atom. The van der Waals surface area contributed by atoms with Crippen LogP contribution in [0.2, 0.25) is 5.02 Å². The average molecular weight is 303 g/mol. The molecule has 1 atom stereocenters. The van der Waals surface area contributed by atoms with Gasteiger partial charge >= 0.3 is 0 Å². The molecule has 0 spiro atoms. The van der Waals surface area contributed by atoms with E-state index in [1.54, 1.807) is 11.3 Å². The third-order valence-corrected chi connectivity index (χ3v) is 5.77. The topological polar surface area (TPSA) is 15.3 Å². The predicted molar refractivity (Wildman–Crippen MR) is 87.4 cm³/mol. The second kappa shape index (κ2) is 7.63. The van der Waals surface area contributed by atoms with E-state index in [1.807, 2.05) is 13.1 Å². The molecule has 0 amide bonds. The highest BCUT2D eigenvalue weighted by molar-refractivity contribution is 7.10. The summed E-state index contributed by atoms with van der Waals surface area (Å²) < 4.78 is 0. The molecule has 0 fully saturated rings. The second-order valence-electron chi connectivity index (χ2n) is 4.84. The number of likely N-dealkylation sites (N-methyl/N-ethyl adjacent to an activating group) is 2. The van der Waals surface area contributed by atoms with Crippen molar-refractivity contribution in [2.24, 2.45) is 0 Å². The minimum Gasteiger partial charge on any atom is -0.311 e. The Kier molecular flexibility index (Phi) is 6.81. The van der Waals surface area contributed by atoms with Crippen LogP contribution in [0.1, 0.15) is 51.5 Å². The summed E-state index contributed by atoms with van der Waals surface area (Å²) in [5.41, 5.74) is 0.132. The van der Waals surface area contributed by atoms with Gasteiger partial charge in [0.25, 0.3) is 0 Å². The zero-order valence-electron chi connectivity index (χ0n) is 12.8. The van der Waals surface area contributed by atoms with Crippen LogP contribution in [0.4, 0.5) is 0 Å². The van der Waals surface area contributed by atoms with Crippen LogP contribution in [0.5, 0.6) is 0 Å². The fourth-order valence-corrected chi connectivity index (χ4v) is 4.68. The van der Waals surface area contributed by atoms with E-state index in [2.05, 4.69) is 43.3 Å². The van der Waals surface area contributed by atoms with Gasteiger partial charge in [-0.05, 0) is 44.4 Å². The van der Waals surface area contributed by atoms with E-state index < -0.39 is 0 Å². The van der Waals surface area contributed by atoms with Crippen molar-refractivity contribution in [1.29, 1.82) is 0 Å². The van der Waals surface area contributed by atoms with Gasteiger partial charge in [-0.1, -0.05) is 39.3 Å². The van der Waals surface area contributed by atoms with E-state index in [9.17, 15) is 0 Å². The molecule has 0 saturated carbocycles. The van der Waals surface area contributed by atoms with Crippen LogP contribution in [0.3, 0.4) is 0 Å². The number of rotatable bonds is 8. The van der Waals surface area contributed by atoms with Crippen LogP contribution in [-0.2, 0) is 0 Å². The predicted octanol–water partition coefficient (Wildman–Crippen LogP) is 4.56. The van der Waals surface area contributed by atoms with E-state index >= 15 is 0 Å². The fraction of sp³-hybridized carbons (Fsp3) is 0.733. The van der Waals surface area contributed by atoms with Crippen molar-refractivity contribution in [1.82, 2.24) is 10.2 Å². The molecule has 0 aliphatic heterocycles. The van der Waals surface area contributed by atoms with Crippen LogP contribution in [0.15, 0.2) is 11.4 Å². The molecule has 0 saturated heterocycles. The SMILES string of the molecule is CCN(CC)C(CC)(CC)C(NC)c1sccc1Cl. The smallest absolute Gasteiger partial charge is 0.0614 e. The summed E-state index contributed by atoms with van der Waals surface area (Å²) in [5.74, 6) is 0. The van der Waals surface area contributed by atoms with E-state index in [0.717, 1.165) is 31.0 Å². The number of hydrogen-bond acceptors (Lipinski definition) is 3. The Labute approximate surface area is 127 Å². The van der Waals surface area contributed by atoms with E-state index in [1.165, 1.54) is 4.88 Å². The Balaban J connectivity index is 3.25. The summed E-state index contributed by atoms with van der Waals surface area (Å²) in [6.45, 7) is 11.2. The van der Waals surface area contributed by atoms with E-state index in [0.29, 0.717) is 0 Å². The molecule has 0 aromatic carbocycles. The van der Waals surface area contributed by atoms with E-state index in [4.69, 9.17) is 11.6 Å². The third kappa shape index (κ3) is 3.15. The zero-order valence-corrected chi connectivity index (χ0v) is 14.4. The van der Waals surface area contributed by atoms with Gasteiger partial charge in [-0.15, -0.1) is 11.3 Å². The van der Waals surface area contributed by atoms with Gasteiger partial charge in [0, 0.05) is 10.4 Å². The molecular formula is C15H27ClN2S. The largest absolute Gasteiger partial charge is 0.311 e. The highest BCUT2D eigenvalue weighted by Crippen LogP contribution is 2.41. The minimum atomic E-state index is 0.132. The Hall–Kier alpha value is -0.0900. The molecule has 0 aliphatic carbocycles. The number of halogens is 1. The first-order valence-corrected chi connectivity index (χ1v) is 8.52. The molecule has 0 bridgehead atoms. The van der Waals surface area contributed by atoms with Crippen molar-refractivity contribution in [2.75, 3.05) is 20.1 Å². The first kappa shape index (κ1) is 17.0. The summed E-state index contributed by atoms with van der Waals surface area (Å²) in [7, 11) is 2.05. The molecule has 110 valence electrons. The third-order valence-electron chi connectivity index (χ3n) is 4.35. The molecule has 4 heteroatoms. The lowest BCUT2D eigenvalue weighted by Crippen LogP contribution is -2.55. The number of hydrogen-bond donors (Lipinski definition) is 1. The quantitative estimate of drug-likeness (QED) is 0.757. The maximum absolute atomic E-state index is 6.38. The van der Waals surface area contributed by atoms with Gasteiger partial charge in [-0.2, -0.15) is 0 Å². The first-order chi connectivity index (χ1) is 9.11. The molecule has 0 radical (unpaired) electrons. The summed E-state index contributed by atoms with van der Waals surface area (Å²) in [6.07, 6.45) is 2.23. The standard InChI is InChI=1S/C15H27ClN2S/c1-6-15(7-2,18(8-3)9-4)14(17-5)13-12(16)10-11-19-13/h10-11,14,17H,6-9H2,1-5H3. The molecular weight excluding hydrogens is 276 g/mol. The van der Waals surface area contributed by atoms with Crippen LogP contribution in [-0.4, -0.2) is 30.6 Å². The lowest BCUT2D eigenvalue weighted by atomic mass is 9.81. The molecule has 1 aromatic heterocycles. The van der Waals surface area contributed by atoms with Gasteiger partial charge in [0.1, 0.15) is 0 Å². The normalized spacial score (nSPS) is 14.1. The molecule has 1 N–H and O–H groups in total. The van der Waals surface area contributed by atoms with Gasteiger partial charge in [0.2, 0.25) is 0 Å². The minimum absolute atomic E-state index is 0.132. The molecule has 19 heavy (non-hydrogen) atoms. The van der Waals surface area contributed by atoms with Gasteiger partial charge < -0.3 is 5.32 Å². The fourth-order valence-electron chi connectivity index (χ4n) is 3.30. The summed E-state index contributed by atoms with van der Waals surface area (Å²) in [4.78, 5) is 3.84.